The average Bonchev–Trinajstić information content (AvgIpc) is 2.13. The quantitative estimate of drug-likeness (QED) is 0.705. The number of nitrogens with one attached hydrogen (secondary N) is 1. The van der Waals surface area contributed by atoms with E-state index >= 15 is 0 Å². The van der Waals surface area contributed by atoms with Crippen LogP contribution in [0.2, 0.25) is 0 Å². The van der Waals surface area contributed by atoms with Crippen molar-refractivity contribution in [2.75, 3.05) is 11.9 Å². The molecular weight excluding hydrogens is 162 g/mol. The predicted octanol–water partition coefficient (Wildman–Crippen LogP) is 2.39. The second-order valence-electron chi connectivity index (χ2n) is 3.18. The lowest BCUT2D eigenvalue weighted by molar-refractivity contribution is 0.742. The number of unbranched alkanes of at least 4 members (excludes halogenated alkanes) is 2. The van der Waals surface area contributed by atoms with E-state index in [1.54, 1.807) is 12.4 Å². The highest BCUT2D eigenvalue weighted by molar-refractivity contribution is 5.31. The molecule has 1 heterocycles. The first-order valence-corrected chi connectivity index (χ1v) is 4.85. The highest BCUT2D eigenvalue weighted by Gasteiger charge is 1.93. The first-order valence-electron chi connectivity index (χ1n) is 4.85. The van der Waals surface area contributed by atoms with Gasteiger partial charge in [0.05, 0.1) is 11.9 Å². The first kappa shape index (κ1) is 9.96. The van der Waals surface area contributed by atoms with E-state index in [0.717, 1.165) is 18.1 Å². The molecule has 0 atom stereocenters. The Bertz CT molecular complexity index is 248. The van der Waals surface area contributed by atoms with Gasteiger partial charge in [0.25, 0.3) is 0 Å². The molecule has 0 aliphatic heterocycles. The number of hydrogen-bond acceptors (Lipinski definition) is 3. The minimum absolute atomic E-state index is 0.885. The van der Waals surface area contributed by atoms with E-state index in [1.807, 2.05) is 6.92 Å². The van der Waals surface area contributed by atoms with Gasteiger partial charge in [0.1, 0.15) is 5.82 Å². The fraction of sp³-hybridized carbons (Fsp3) is 0.600. The summed E-state index contributed by atoms with van der Waals surface area (Å²) in [5.74, 6) is 0.885. The molecule has 0 saturated heterocycles. The first-order chi connectivity index (χ1) is 6.33. The molecule has 0 aliphatic rings. The number of rotatable bonds is 5. The maximum atomic E-state index is 4.30. The van der Waals surface area contributed by atoms with E-state index in [0.29, 0.717) is 0 Å². The molecule has 0 amide bonds. The van der Waals surface area contributed by atoms with Crippen LogP contribution in [0.3, 0.4) is 0 Å². The molecule has 0 radical (unpaired) electrons. The van der Waals surface area contributed by atoms with Crippen LogP contribution in [0.15, 0.2) is 12.4 Å². The van der Waals surface area contributed by atoms with Crippen molar-refractivity contribution in [2.24, 2.45) is 0 Å². The third-order valence-corrected chi connectivity index (χ3v) is 1.84. The third-order valence-electron chi connectivity index (χ3n) is 1.84. The van der Waals surface area contributed by atoms with E-state index in [-0.39, 0.29) is 0 Å². The highest BCUT2D eigenvalue weighted by Crippen LogP contribution is 2.01. The molecule has 0 bridgehead atoms. The lowest BCUT2D eigenvalue weighted by Crippen LogP contribution is -2.03. The van der Waals surface area contributed by atoms with Crippen LogP contribution in [0.4, 0.5) is 5.82 Å². The molecular formula is C10H17N3. The van der Waals surface area contributed by atoms with Gasteiger partial charge in [0, 0.05) is 12.7 Å². The normalized spacial score (nSPS) is 10.0. The summed E-state index contributed by atoms with van der Waals surface area (Å²) < 4.78 is 0. The Morgan fingerprint density at radius 1 is 1.31 bits per heavy atom. The van der Waals surface area contributed by atoms with Crippen molar-refractivity contribution >= 4 is 5.82 Å². The summed E-state index contributed by atoms with van der Waals surface area (Å²) in [5.41, 5.74) is 0.959. The van der Waals surface area contributed by atoms with E-state index in [2.05, 4.69) is 22.2 Å². The molecule has 0 unspecified atom stereocenters. The molecule has 72 valence electrons. The second-order valence-corrected chi connectivity index (χ2v) is 3.18. The summed E-state index contributed by atoms with van der Waals surface area (Å²) in [6.45, 7) is 5.14. The minimum atomic E-state index is 0.885. The predicted molar refractivity (Wildman–Crippen MR) is 54.8 cm³/mol. The molecule has 1 N–H and O–H groups in total. The van der Waals surface area contributed by atoms with E-state index in [9.17, 15) is 0 Å². The van der Waals surface area contributed by atoms with Crippen LogP contribution in [0.25, 0.3) is 0 Å². The van der Waals surface area contributed by atoms with Crippen LogP contribution < -0.4 is 5.32 Å². The van der Waals surface area contributed by atoms with Crippen molar-refractivity contribution in [3.8, 4) is 0 Å². The molecule has 13 heavy (non-hydrogen) atoms. The van der Waals surface area contributed by atoms with Gasteiger partial charge in [-0.25, -0.2) is 4.98 Å². The largest absolute Gasteiger partial charge is 0.369 e. The molecule has 0 saturated carbocycles. The number of aromatic nitrogens is 2. The fourth-order valence-corrected chi connectivity index (χ4v) is 1.14. The van der Waals surface area contributed by atoms with Crippen molar-refractivity contribution < 1.29 is 0 Å². The van der Waals surface area contributed by atoms with Gasteiger partial charge in [-0.05, 0) is 13.3 Å². The van der Waals surface area contributed by atoms with Gasteiger partial charge in [-0.3, -0.25) is 4.98 Å². The van der Waals surface area contributed by atoms with Gasteiger partial charge in [-0.2, -0.15) is 0 Å². The average molecular weight is 179 g/mol. The van der Waals surface area contributed by atoms with Crippen molar-refractivity contribution in [1.29, 1.82) is 0 Å². The van der Waals surface area contributed by atoms with Crippen LogP contribution in [0, 0.1) is 6.92 Å². The van der Waals surface area contributed by atoms with Crippen molar-refractivity contribution in [1.82, 2.24) is 9.97 Å². The van der Waals surface area contributed by atoms with Crippen LogP contribution >= 0.6 is 0 Å². The lowest BCUT2D eigenvalue weighted by atomic mass is 10.2. The highest BCUT2D eigenvalue weighted by atomic mass is 15.0. The van der Waals surface area contributed by atoms with Gasteiger partial charge in [-0.1, -0.05) is 19.8 Å². The van der Waals surface area contributed by atoms with Crippen molar-refractivity contribution in [3.63, 3.8) is 0 Å². The molecule has 1 aromatic heterocycles. The number of nitrogens with zero attached hydrogens (tertiary/aromatic N) is 2. The summed E-state index contributed by atoms with van der Waals surface area (Å²) in [7, 11) is 0. The van der Waals surface area contributed by atoms with Gasteiger partial charge < -0.3 is 5.32 Å². The molecule has 1 rings (SSSR count). The smallest absolute Gasteiger partial charge is 0.144 e. The zero-order chi connectivity index (χ0) is 9.52. The van der Waals surface area contributed by atoms with E-state index in [4.69, 9.17) is 0 Å². The molecule has 0 fully saturated rings. The Morgan fingerprint density at radius 2 is 2.15 bits per heavy atom. The van der Waals surface area contributed by atoms with Crippen LogP contribution in [-0.4, -0.2) is 16.5 Å². The molecule has 0 aromatic carbocycles. The molecule has 0 aliphatic carbocycles. The van der Waals surface area contributed by atoms with Gasteiger partial charge in [0.2, 0.25) is 0 Å². The summed E-state index contributed by atoms with van der Waals surface area (Å²) in [6, 6.07) is 0. The van der Waals surface area contributed by atoms with Gasteiger partial charge in [0.15, 0.2) is 0 Å². The van der Waals surface area contributed by atoms with Crippen LogP contribution in [0.5, 0.6) is 0 Å². The zero-order valence-electron chi connectivity index (χ0n) is 8.38. The summed E-state index contributed by atoms with van der Waals surface area (Å²) in [4.78, 5) is 8.36. The maximum absolute atomic E-state index is 4.30. The second kappa shape index (κ2) is 5.51. The summed E-state index contributed by atoms with van der Waals surface area (Å²) >= 11 is 0. The van der Waals surface area contributed by atoms with Crippen molar-refractivity contribution in [3.05, 3.63) is 18.1 Å². The third kappa shape index (κ3) is 3.87. The van der Waals surface area contributed by atoms with Gasteiger partial charge in [-0.15, -0.1) is 0 Å². The maximum Gasteiger partial charge on any atom is 0.144 e. The Hall–Kier alpha value is -1.12. The van der Waals surface area contributed by atoms with Crippen LogP contribution in [0.1, 0.15) is 31.9 Å². The van der Waals surface area contributed by atoms with Crippen LogP contribution in [-0.2, 0) is 0 Å². The molecule has 3 nitrogen and oxygen atoms in total. The Balaban J connectivity index is 2.28. The standard InChI is InChI=1S/C10H17N3/c1-3-4-5-6-12-10-8-11-7-9(2)13-10/h7-8H,3-6H2,1-2H3,(H,12,13). The lowest BCUT2D eigenvalue weighted by Gasteiger charge is -2.04. The number of aryl methyl sites for hydroxylation is 1. The zero-order valence-corrected chi connectivity index (χ0v) is 8.38. The summed E-state index contributed by atoms with van der Waals surface area (Å²) in [6.07, 6.45) is 7.25. The Labute approximate surface area is 79.6 Å². The summed E-state index contributed by atoms with van der Waals surface area (Å²) in [5, 5.41) is 3.25. The Kier molecular flexibility index (Phi) is 4.23. The fourth-order valence-electron chi connectivity index (χ4n) is 1.14. The topological polar surface area (TPSA) is 37.8 Å². The SMILES string of the molecule is CCCCCNc1cncc(C)n1. The van der Waals surface area contributed by atoms with Gasteiger partial charge >= 0.3 is 0 Å². The number of anilines is 1. The van der Waals surface area contributed by atoms with Crippen molar-refractivity contribution in [2.45, 2.75) is 33.1 Å². The van der Waals surface area contributed by atoms with E-state index < -0.39 is 0 Å². The van der Waals surface area contributed by atoms with E-state index in [1.165, 1.54) is 19.3 Å². The molecule has 0 spiro atoms. The molecule has 3 heteroatoms. The monoisotopic (exact) mass is 179 g/mol. The Morgan fingerprint density at radius 3 is 2.85 bits per heavy atom. The molecule has 1 aromatic rings. The number of hydrogen-bond donors (Lipinski definition) is 1. The minimum Gasteiger partial charge on any atom is -0.369 e.